The van der Waals surface area contributed by atoms with Crippen LogP contribution in [-0.4, -0.2) is 35.9 Å². The van der Waals surface area contributed by atoms with Crippen molar-refractivity contribution >= 4 is 5.97 Å². The maximum Gasteiger partial charge on any atom is 0.335 e. The molecular weight excluding hydrogens is 454 g/mol. The first-order valence-electron chi connectivity index (χ1n) is 14.5. The third kappa shape index (κ3) is 3.73. The summed E-state index contributed by atoms with van der Waals surface area (Å²) >= 11 is 0. The van der Waals surface area contributed by atoms with Crippen molar-refractivity contribution in [2.75, 3.05) is 13.1 Å². The summed E-state index contributed by atoms with van der Waals surface area (Å²) in [5, 5.41) is 15.7. The van der Waals surface area contributed by atoms with Crippen LogP contribution in [0.25, 0.3) is 0 Å². The van der Waals surface area contributed by atoms with Gasteiger partial charge in [0.1, 0.15) is 6.10 Å². The van der Waals surface area contributed by atoms with E-state index >= 15 is 0 Å². The lowest BCUT2D eigenvalue weighted by molar-refractivity contribution is -0.208. The Balaban J connectivity index is 1.17. The Morgan fingerprint density at radius 2 is 1.92 bits per heavy atom. The normalized spacial score (nSPS) is 46.3. The Hall–Kier alpha value is -1.66. The molecule has 2 N–H and O–H groups in total. The van der Waals surface area contributed by atoms with Crippen molar-refractivity contribution in [3.8, 4) is 0 Å². The Morgan fingerprint density at radius 1 is 1.06 bits per heavy atom. The average Bonchev–Trinajstić information content (AvgIpc) is 3.16. The molecule has 6 nitrogen and oxygen atoms in total. The Morgan fingerprint density at radius 3 is 2.67 bits per heavy atom. The largest absolute Gasteiger partial charge is 0.462 e. The van der Waals surface area contributed by atoms with Crippen molar-refractivity contribution in [2.45, 2.75) is 102 Å². The summed E-state index contributed by atoms with van der Waals surface area (Å²) in [5.41, 5.74) is 0.0677. The zero-order valence-corrected chi connectivity index (χ0v) is 22.0. The summed E-state index contributed by atoms with van der Waals surface area (Å²) in [6.45, 7) is 6.52. The van der Waals surface area contributed by atoms with Gasteiger partial charge in [0.2, 0.25) is 0 Å². The van der Waals surface area contributed by atoms with Crippen LogP contribution in [-0.2, 0) is 9.53 Å². The third-order valence-corrected chi connectivity index (χ3v) is 11.8. The lowest BCUT2D eigenvalue weighted by Crippen LogP contribution is -2.62. The molecule has 6 heteroatoms. The van der Waals surface area contributed by atoms with E-state index in [1.165, 1.54) is 6.07 Å². The number of carbonyl (C=O) groups is 1. The molecule has 9 atom stereocenters. The first kappa shape index (κ1) is 24.7. The van der Waals surface area contributed by atoms with Gasteiger partial charge in [-0.15, -0.1) is 0 Å². The van der Waals surface area contributed by atoms with Gasteiger partial charge in [-0.2, -0.15) is 0 Å². The van der Waals surface area contributed by atoms with Crippen LogP contribution in [0.5, 0.6) is 0 Å². The minimum absolute atomic E-state index is 0.000905. The Labute approximate surface area is 214 Å². The molecule has 0 radical (unpaired) electrons. The lowest BCUT2D eigenvalue weighted by Gasteiger charge is -2.63. The van der Waals surface area contributed by atoms with E-state index in [9.17, 15) is 14.7 Å². The van der Waals surface area contributed by atoms with Gasteiger partial charge in [-0.1, -0.05) is 13.8 Å². The molecule has 0 aromatic carbocycles. The average molecular weight is 498 g/mol. The zero-order chi connectivity index (χ0) is 25.1. The first-order valence-corrected chi connectivity index (χ1v) is 14.5. The molecule has 6 rings (SSSR count). The highest BCUT2D eigenvalue weighted by Gasteiger charge is 2.67. The minimum Gasteiger partial charge on any atom is -0.462 e. The Bertz CT molecular complexity index is 1030. The van der Waals surface area contributed by atoms with Crippen LogP contribution in [0.3, 0.4) is 0 Å². The van der Waals surface area contributed by atoms with Gasteiger partial charge in [-0.25, -0.2) is 4.79 Å². The molecule has 198 valence electrons. The molecule has 1 unspecified atom stereocenters. The van der Waals surface area contributed by atoms with E-state index in [0.29, 0.717) is 17.8 Å². The number of fused-ring (bicyclic) bond motifs is 5. The van der Waals surface area contributed by atoms with Crippen LogP contribution in [0.15, 0.2) is 27.6 Å². The molecule has 1 aromatic rings. The van der Waals surface area contributed by atoms with Crippen LogP contribution in [0.1, 0.15) is 96.0 Å². The number of piperidine rings is 1. The second-order valence-electron chi connectivity index (χ2n) is 13.2. The molecule has 36 heavy (non-hydrogen) atoms. The summed E-state index contributed by atoms with van der Waals surface area (Å²) in [7, 11) is 0. The van der Waals surface area contributed by atoms with E-state index in [4.69, 9.17) is 9.15 Å². The highest BCUT2D eigenvalue weighted by molar-refractivity contribution is 5.73. The van der Waals surface area contributed by atoms with Crippen molar-refractivity contribution in [2.24, 2.45) is 34.5 Å². The molecule has 1 aliphatic heterocycles. The molecule has 5 fully saturated rings. The smallest absolute Gasteiger partial charge is 0.335 e. The van der Waals surface area contributed by atoms with Gasteiger partial charge >= 0.3 is 11.6 Å². The highest BCUT2D eigenvalue weighted by atomic mass is 16.5. The molecule has 4 saturated carbocycles. The summed E-state index contributed by atoms with van der Waals surface area (Å²) < 4.78 is 11.3. The summed E-state index contributed by atoms with van der Waals surface area (Å²) in [4.78, 5) is 24.3. The van der Waals surface area contributed by atoms with Crippen LogP contribution < -0.4 is 10.9 Å². The van der Waals surface area contributed by atoms with Gasteiger partial charge in [0.15, 0.2) is 0 Å². The number of esters is 1. The van der Waals surface area contributed by atoms with Gasteiger partial charge in [-0.05, 0) is 118 Å². The number of hydrogen-bond acceptors (Lipinski definition) is 6. The number of carbonyl (C=O) groups excluding carboxylic acids is 1. The number of ether oxygens (including phenoxy) is 1. The van der Waals surface area contributed by atoms with Crippen molar-refractivity contribution in [3.63, 3.8) is 0 Å². The van der Waals surface area contributed by atoms with Crippen LogP contribution in [0.2, 0.25) is 0 Å². The molecular formula is C30H43NO5. The maximum atomic E-state index is 12.8. The van der Waals surface area contributed by atoms with E-state index < -0.39 is 5.60 Å². The minimum atomic E-state index is -0.679. The van der Waals surface area contributed by atoms with E-state index in [0.717, 1.165) is 89.3 Å². The molecule has 2 heterocycles. The van der Waals surface area contributed by atoms with E-state index in [1.807, 2.05) is 6.07 Å². The van der Waals surface area contributed by atoms with Crippen molar-refractivity contribution in [1.82, 2.24) is 5.32 Å². The molecule has 1 saturated heterocycles. The second-order valence-corrected chi connectivity index (χ2v) is 13.2. The summed E-state index contributed by atoms with van der Waals surface area (Å²) in [6, 6.07) is 3.42. The fourth-order valence-electron chi connectivity index (χ4n) is 9.71. The molecule has 0 bridgehead atoms. The monoisotopic (exact) mass is 497 g/mol. The summed E-state index contributed by atoms with van der Waals surface area (Å²) in [6.07, 6.45) is 12.8. The predicted molar refractivity (Wildman–Crippen MR) is 136 cm³/mol. The molecule has 0 spiro atoms. The predicted octanol–water partition coefficient (Wildman–Crippen LogP) is 4.79. The quantitative estimate of drug-likeness (QED) is 0.584. The lowest BCUT2D eigenvalue weighted by atomic mass is 9.43. The van der Waals surface area contributed by atoms with Crippen LogP contribution in [0, 0.1) is 34.5 Å². The highest BCUT2D eigenvalue weighted by Crippen LogP contribution is 2.70. The number of nitrogens with one attached hydrogen (secondary N) is 1. The molecule has 4 aliphatic carbocycles. The van der Waals surface area contributed by atoms with Gasteiger partial charge in [0.05, 0.1) is 17.8 Å². The molecule has 5 aliphatic rings. The van der Waals surface area contributed by atoms with Gasteiger partial charge in [-0.3, -0.25) is 4.79 Å². The van der Waals surface area contributed by atoms with Crippen molar-refractivity contribution in [1.29, 1.82) is 0 Å². The first-order chi connectivity index (χ1) is 17.2. The maximum absolute atomic E-state index is 12.8. The topological polar surface area (TPSA) is 88.8 Å². The fraction of sp³-hybridized carbons (Fsp3) is 0.800. The fourth-order valence-corrected chi connectivity index (χ4v) is 9.71. The van der Waals surface area contributed by atoms with E-state index in [2.05, 4.69) is 19.2 Å². The van der Waals surface area contributed by atoms with Crippen molar-refractivity contribution < 1.29 is 19.1 Å². The zero-order valence-electron chi connectivity index (χ0n) is 22.0. The standard InChI is InChI=1S/C30H43NO5/c1-28-12-9-22(36-27(33)19-4-3-15-31-17-19)16-21(28)6-7-25-24(28)10-13-29(2)23(11-14-30(25,29)34)20-5-8-26(32)35-18-20/h5,8,18-19,21-25,31,34H,3-4,6-7,9-17H2,1-2H3/t19?,21-,22+,23-,24+,25-,28+,29-,30+/m1/s1. The Kier molecular flexibility index (Phi) is 6.15. The molecule has 1 aromatic heterocycles. The van der Waals surface area contributed by atoms with Gasteiger partial charge in [0.25, 0.3) is 0 Å². The number of aliphatic hydroxyl groups is 1. The number of rotatable bonds is 3. The van der Waals surface area contributed by atoms with Crippen LogP contribution in [0.4, 0.5) is 0 Å². The van der Waals surface area contributed by atoms with Crippen molar-refractivity contribution in [3.05, 3.63) is 34.4 Å². The van der Waals surface area contributed by atoms with E-state index in [1.54, 1.807) is 6.26 Å². The summed E-state index contributed by atoms with van der Waals surface area (Å²) in [5.74, 6) is 1.62. The molecule has 0 amide bonds. The number of hydrogen-bond donors (Lipinski definition) is 2. The SMILES string of the molecule is C[C@]12CC[C@H](OC(=O)C3CCCNC3)C[C@H]1CC[C@@H]1[C@@H]2CC[C@]2(C)[C@@H](c3ccc(=O)oc3)CC[C@]12O. The van der Waals surface area contributed by atoms with Gasteiger partial charge in [0, 0.05) is 18.0 Å². The van der Waals surface area contributed by atoms with E-state index in [-0.39, 0.29) is 40.4 Å². The van der Waals surface area contributed by atoms with Crippen LogP contribution >= 0.6 is 0 Å². The second kappa shape index (κ2) is 8.97. The third-order valence-electron chi connectivity index (χ3n) is 11.8. The van der Waals surface area contributed by atoms with Gasteiger partial charge < -0.3 is 19.6 Å².